The van der Waals surface area contributed by atoms with Crippen LogP contribution in [0.3, 0.4) is 0 Å². The molecule has 0 radical (unpaired) electrons. The van der Waals surface area contributed by atoms with Gasteiger partial charge < -0.3 is 19.4 Å². The molecule has 0 saturated heterocycles. The molecule has 0 saturated carbocycles. The fraction of sp³-hybridized carbons (Fsp3) is 0.214. The second-order valence-electron chi connectivity index (χ2n) is 8.38. The quantitative estimate of drug-likeness (QED) is 0.279. The number of aryl methyl sites for hydroxylation is 2. The van der Waals surface area contributed by atoms with E-state index in [1.165, 1.54) is 11.8 Å². The first-order chi connectivity index (χ1) is 16.8. The van der Waals surface area contributed by atoms with Crippen molar-refractivity contribution in [3.05, 3.63) is 106 Å². The number of nitrogens with one attached hydrogen (secondary N) is 2. The van der Waals surface area contributed by atoms with Crippen LogP contribution in [0.2, 0.25) is 0 Å². The van der Waals surface area contributed by atoms with E-state index in [4.69, 9.17) is 9.47 Å². The lowest BCUT2D eigenvalue weighted by atomic mass is 10.2. The summed E-state index contributed by atoms with van der Waals surface area (Å²) >= 11 is 1.52. The van der Waals surface area contributed by atoms with Crippen LogP contribution in [0.1, 0.15) is 54.6 Å². The zero-order chi connectivity index (χ0) is 24.9. The van der Waals surface area contributed by atoms with Gasteiger partial charge in [-0.15, -0.1) is 0 Å². The van der Waals surface area contributed by atoms with Crippen LogP contribution in [0.4, 0.5) is 0 Å². The van der Waals surface area contributed by atoms with Gasteiger partial charge in [-0.1, -0.05) is 72.4 Å². The predicted octanol–water partition coefficient (Wildman–Crippen LogP) is 6.44. The molecule has 0 bridgehead atoms. The van der Waals surface area contributed by atoms with E-state index >= 15 is 0 Å². The Bertz CT molecular complexity index is 1240. The Morgan fingerprint density at radius 2 is 1.03 bits per heavy atom. The zero-order valence-electron chi connectivity index (χ0n) is 20.2. The molecule has 2 heterocycles. The van der Waals surface area contributed by atoms with Crippen molar-refractivity contribution in [3.63, 3.8) is 0 Å². The molecule has 0 aliphatic rings. The number of carbonyl (C=O) groups is 2. The molecule has 2 aromatic carbocycles. The SMILES string of the molecule is Cc1[nH]c(C(=O)OCc2ccccc2)c(C)c1Sc1c(C)[nH]c(C(=O)OCc2ccccc2)c1C. The fourth-order valence-corrected chi connectivity index (χ4v) is 5.00. The van der Waals surface area contributed by atoms with Gasteiger partial charge in [-0.25, -0.2) is 9.59 Å². The van der Waals surface area contributed by atoms with Gasteiger partial charge in [-0.05, 0) is 49.9 Å². The van der Waals surface area contributed by atoms with Crippen molar-refractivity contribution in [3.8, 4) is 0 Å². The number of carbonyl (C=O) groups excluding carboxylic acids is 2. The number of aromatic nitrogens is 2. The Kier molecular flexibility index (Phi) is 7.46. The van der Waals surface area contributed by atoms with Gasteiger partial charge in [0.15, 0.2) is 0 Å². The standard InChI is InChI=1S/C28H28N2O4S/c1-17-23(27(31)33-15-21-11-7-5-8-12-21)29-19(3)25(17)35-26-18(2)24(30-20(26)4)28(32)34-16-22-13-9-6-10-14-22/h5-14,29-30H,15-16H2,1-4H3. The summed E-state index contributed by atoms with van der Waals surface area (Å²) < 4.78 is 11.0. The summed E-state index contributed by atoms with van der Waals surface area (Å²) in [5, 5.41) is 0. The highest BCUT2D eigenvalue weighted by atomic mass is 32.2. The molecule has 2 N–H and O–H groups in total. The van der Waals surface area contributed by atoms with Gasteiger partial charge in [0.2, 0.25) is 0 Å². The molecule has 6 nitrogen and oxygen atoms in total. The Morgan fingerprint density at radius 3 is 1.40 bits per heavy atom. The number of rotatable bonds is 8. The molecule has 0 aliphatic heterocycles. The Balaban J connectivity index is 1.48. The monoisotopic (exact) mass is 488 g/mol. The normalized spacial score (nSPS) is 10.9. The van der Waals surface area contributed by atoms with Crippen LogP contribution in [0, 0.1) is 27.7 Å². The van der Waals surface area contributed by atoms with Crippen molar-refractivity contribution < 1.29 is 19.1 Å². The van der Waals surface area contributed by atoms with Crippen LogP contribution in [0.25, 0.3) is 0 Å². The van der Waals surface area contributed by atoms with E-state index in [1.54, 1.807) is 0 Å². The number of aromatic amines is 2. The second kappa shape index (κ2) is 10.7. The van der Waals surface area contributed by atoms with Gasteiger partial charge in [0.05, 0.1) is 0 Å². The number of esters is 2. The average Bonchev–Trinajstić information content (AvgIpc) is 3.32. The lowest BCUT2D eigenvalue weighted by Crippen LogP contribution is -2.07. The maximum Gasteiger partial charge on any atom is 0.355 e. The van der Waals surface area contributed by atoms with E-state index in [9.17, 15) is 9.59 Å². The van der Waals surface area contributed by atoms with Crippen LogP contribution < -0.4 is 0 Å². The highest BCUT2D eigenvalue weighted by Gasteiger charge is 2.24. The average molecular weight is 489 g/mol. The highest BCUT2D eigenvalue weighted by molar-refractivity contribution is 7.99. The van der Waals surface area contributed by atoms with Gasteiger partial charge in [0, 0.05) is 21.2 Å². The molecule has 0 spiro atoms. The van der Waals surface area contributed by atoms with Crippen molar-refractivity contribution in [2.45, 2.75) is 50.7 Å². The predicted molar refractivity (Wildman–Crippen MR) is 136 cm³/mol. The van der Waals surface area contributed by atoms with Crippen LogP contribution in [0.15, 0.2) is 70.5 Å². The summed E-state index contributed by atoms with van der Waals surface area (Å²) in [7, 11) is 0. The van der Waals surface area contributed by atoms with Gasteiger partial charge in [0.1, 0.15) is 24.6 Å². The van der Waals surface area contributed by atoms with E-state index in [1.807, 2.05) is 88.4 Å². The molecule has 0 atom stereocenters. The maximum atomic E-state index is 12.7. The van der Waals surface area contributed by atoms with Crippen LogP contribution in [-0.4, -0.2) is 21.9 Å². The first-order valence-electron chi connectivity index (χ1n) is 11.3. The summed E-state index contributed by atoms with van der Waals surface area (Å²) in [5.41, 5.74) is 6.11. The molecule has 180 valence electrons. The molecular formula is C28H28N2O4S. The lowest BCUT2D eigenvalue weighted by Gasteiger charge is -2.06. The van der Waals surface area contributed by atoms with Crippen molar-refractivity contribution in [2.24, 2.45) is 0 Å². The minimum atomic E-state index is -0.394. The molecule has 35 heavy (non-hydrogen) atoms. The highest BCUT2D eigenvalue weighted by Crippen LogP contribution is 2.39. The smallest absolute Gasteiger partial charge is 0.355 e. The van der Waals surface area contributed by atoms with Gasteiger partial charge in [-0.2, -0.15) is 0 Å². The Hall–Kier alpha value is -3.71. The topological polar surface area (TPSA) is 84.2 Å². The van der Waals surface area contributed by atoms with E-state index < -0.39 is 11.9 Å². The number of ether oxygens (including phenoxy) is 2. The molecule has 4 aromatic rings. The van der Waals surface area contributed by atoms with Gasteiger partial charge in [-0.3, -0.25) is 0 Å². The second-order valence-corrected chi connectivity index (χ2v) is 9.40. The minimum absolute atomic E-state index is 0.212. The molecule has 4 rings (SSSR count). The fourth-order valence-electron chi connectivity index (χ4n) is 3.87. The summed E-state index contributed by atoms with van der Waals surface area (Å²) in [6, 6.07) is 19.2. The van der Waals surface area contributed by atoms with Crippen molar-refractivity contribution in [1.82, 2.24) is 9.97 Å². The molecule has 2 aromatic heterocycles. The molecule has 0 amide bonds. The number of H-pyrrole nitrogens is 2. The number of benzene rings is 2. The van der Waals surface area contributed by atoms with E-state index in [0.717, 1.165) is 43.4 Å². The van der Waals surface area contributed by atoms with Crippen molar-refractivity contribution >= 4 is 23.7 Å². The number of hydrogen-bond acceptors (Lipinski definition) is 5. The molecular weight excluding hydrogens is 460 g/mol. The zero-order valence-corrected chi connectivity index (χ0v) is 21.0. The molecule has 0 fully saturated rings. The van der Waals surface area contributed by atoms with Gasteiger partial charge >= 0.3 is 11.9 Å². The Morgan fingerprint density at radius 1 is 0.657 bits per heavy atom. The third kappa shape index (κ3) is 5.52. The van der Waals surface area contributed by atoms with Crippen molar-refractivity contribution in [1.29, 1.82) is 0 Å². The largest absolute Gasteiger partial charge is 0.456 e. The first-order valence-corrected chi connectivity index (χ1v) is 12.1. The molecule has 0 unspecified atom stereocenters. The molecule has 0 aliphatic carbocycles. The van der Waals surface area contributed by atoms with E-state index in [2.05, 4.69) is 9.97 Å². The Labute approximate surface area is 209 Å². The summed E-state index contributed by atoms with van der Waals surface area (Å²) in [5.74, 6) is -0.789. The summed E-state index contributed by atoms with van der Waals surface area (Å²) in [6.07, 6.45) is 0. The molecule has 7 heteroatoms. The minimum Gasteiger partial charge on any atom is -0.456 e. The maximum absolute atomic E-state index is 12.7. The van der Waals surface area contributed by atoms with Crippen molar-refractivity contribution in [2.75, 3.05) is 0 Å². The van der Waals surface area contributed by atoms with Crippen LogP contribution in [0.5, 0.6) is 0 Å². The first kappa shape index (κ1) is 24.4. The van der Waals surface area contributed by atoms with Gasteiger partial charge in [0.25, 0.3) is 0 Å². The summed E-state index contributed by atoms with van der Waals surface area (Å²) in [6.45, 7) is 8.08. The number of hydrogen-bond donors (Lipinski definition) is 2. The lowest BCUT2D eigenvalue weighted by molar-refractivity contribution is 0.0457. The van der Waals surface area contributed by atoms with Crippen LogP contribution in [-0.2, 0) is 22.7 Å². The third-order valence-corrected chi connectivity index (χ3v) is 7.41. The third-order valence-electron chi connectivity index (χ3n) is 5.78. The van der Waals surface area contributed by atoms with Crippen LogP contribution >= 0.6 is 11.8 Å². The van der Waals surface area contributed by atoms with E-state index in [-0.39, 0.29) is 13.2 Å². The summed E-state index contributed by atoms with van der Waals surface area (Å²) in [4.78, 5) is 33.7. The van der Waals surface area contributed by atoms with E-state index in [0.29, 0.717) is 11.4 Å².